The zero-order valence-electron chi connectivity index (χ0n) is 4.96. The van der Waals surface area contributed by atoms with Crippen LogP contribution in [0.5, 0.6) is 0 Å². The van der Waals surface area contributed by atoms with Gasteiger partial charge >= 0.3 is 0 Å². The minimum Gasteiger partial charge on any atom is -0.490 e. The van der Waals surface area contributed by atoms with Crippen molar-refractivity contribution in [1.29, 1.82) is 0 Å². The molecule has 0 unspecified atom stereocenters. The molecule has 1 rings (SSSR count). The van der Waals surface area contributed by atoms with Crippen molar-refractivity contribution in [2.75, 3.05) is 13.2 Å². The zero-order valence-corrected chi connectivity index (χ0v) is 4.96. The second-order valence-corrected chi connectivity index (χ2v) is 1.84. The van der Waals surface area contributed by atoms with E-state index in [-0.39, 0.29) is 19.0 Å². The Kier molecular flexibility index (Phi) is 1.85. The summed E-state index contributed by atoms with van der Waals surface area (Å²) in [6.45, 7) is 0.189. The molecular formula is C6H8O3. The molecule has 9 heavy (non-hydrogen) atoms. The Morgan fingerprint density at radius 3 is 3.00 bits per heavy atom. The third-order valence-corrected chi connectivity index (χ3v) is 1.08. The van der Waals surface area contributed by atoms with Crippen LogP contribution in [0.15, 0.2) is 11.8 Å². The summed E-state index contributed by atoms with van der Waals surface area (Å²) in [6.07, 6.45) is 1.88. The predicted molar refractivity (Wildman–Crippen MR) is 30.7 cm³/mol. The highest BCUT2D eigenvalue weighted by atomic mass is 16.5. The SMILES string of the molecule is O=C1C=C(CCO)OC1. The molecule has 3 heteroatoms. The number of carbonyl (C=O) groups excluding carboxylic acids is 1. The van der Waals surface area contributed by atoms with Crippen molar-refractivity contribution >= 4 is 5.78 Å². The van der Waals surface area contributed by atoms with Gasteiger partial charge in [-0.05, 0) is 0 Å². The summed E-state index contributed by atoms with van der Waals surface area (Å²) in [4.78, 5) is 10.4. The van der Waals surface area contributed by atoms with E-state index in [9.17, 15) is 4.79 Å². The molecule has 0 atom stereocenters. The van der Waals surface area contributed by atoms with E-state index in [1.807, 2.05) is 0 Å². The molecule has 0 amide bonds. The smallest absolute Gasteiger partial charge is 0.196 e. The Hall–Kier alpha value is -0.830. The Labute approximate surface area is 52.9 Å². The van der Waals surface area contributed by atoms with Crippen molar-refractivity contribution < 1.29 is 14.6 Å². The molecule has 3 nitrogen and oxygen atoms in total. The van der Waals surface area contributed by atoms with Crippen LogP contribution in [0, 0.1) is 0 Å². The summed E-state index contributed by atoms with van der Waals surface area (Å²) in [5.41, 5.74) is 0. The van der Waals surface area contributed by atoms with Crippen LogP contribution < -0.4 is 0 Å². The van der Waals surface area contributed by atoms with E-state index in [4.69, 9.17) is 9.84 Å². The third kappa shape index (κ3) is 1.54. The van der Waals surface area contributed by atoms with Gasteiger partial charge in [-0.2, -0.15) is 0 Å². The standard InChI is InChI=1S/C6H8O3/c7-2-1-6-3-5(8)4-9-6/h3,7H,1-2,4H2. The number of aliphatic hydroxyl groups is 1. The summed E-state index contributed by atoms with van der Waals surface area (Å²) in [5.74, 6) is 0.584. The second-order valence-electron chi connectivity index (χ2n) is 1.84. The first-order chi connectivity index (χ1) is 4.33. The Morgan fingerprint density at radius 2 is 2.56 bits per heavy atom. The lowest BCUT2D eigenvalue weighted by Gasteiger charge is -1.96. The number of rotatable bonds is 2. The van der Waals surface area contributed by atoms with Crippen LogP contribution in [0.25, 0.3) is 0 Å². The van der Waals surface area contributed by atoms with Gasteiger partial charge in [-0.1, -0.05) is 0 Å². The van der Waals surface area contributed by atoms with Gasteiger partial charge in [0.15, 0.2) is 12.4 Å². The molecule has 0 aliphatic carbocycles. The van der Waals surface area contributed by atoms with Crippen molar-refractivity contribution in [3.63, 3.8) is 0 Å². The molecule has 0 aromatic heterocycles. The van der Waals surface area contributed by atoms with E-state index < -0.39 is 0 Å². The van der Waals surface area contributed by atoms with Crippen LogP contribution in [-0.2, 0) is 9.53 Å². The summed E-state index contributed by atoms with van der Waals surface area (Å²) >= 11 is 0. The Bertz CT molecular complexity index is 148. The lowest BCUT2D eigenvalue weighted by atomic mass is 10.3. The van der Waals surface area contributed by atoms with Gasteiger partial charge in [0.25, 0.3) is 0 Å². The highest BCUT2D eigenvalue weighted by Crippen LogP contribution is 2.08. The van der Waals surface area contributed by atoms with Crippen molar-refractivity contribution in [3.8, 4) is 0 Å². The van der Waals surface area contributed by atoms with Gasteiger partial charge in [0.1, 0.15) is 5.76 Å². The molecule has 0 saturated carbocycles. The number of aliphatic hydroxyl groups excluding tert-OH is 1. The molecule has 0 saturated heterocycles. The van der Waals surface area contributed by atoms with Gasteiger partial charge in [-0.15, -0.1) is 0 Å². The first-order valence-corrected chi connectivity index (χ1v) is 2.80. The Balaban J connectivity index is 2.42. The molecule has 50 valence electrons. The molecule has 1 aliphatic rings. The molecule has 0 aromatic rings. The fourth-order valence-corrected chi connectivity index (χ4v) is 0.681. The molecule has 1 N–H and O–H groups in total. The molecule has 0 bridgehead atoms. The quantitative estimate of drug-likeness (QED) is 0.562. The van der Waals surface area contributed by atoms with Crippen LogP contribution in [0.1, 0.15) is 6.42 Å². The monoisotopic (exact) mass is 128 g/mol. The highest BCUT2D eigenvalue weighted by molar-refractivity contribution is 5.92. The van der Waals surface area contributed by atoms with Crippen LogP contribution in [0.3, 0.4) is 0 Å². The van der Waals surface area contributed by atoms with Crippen molar-refractivity contribution in [3.05, 3.63) is 11.8 Å². The molecule has 0 fully saturated rings. The van der Waals surface area contributed by atoms with E-state index in [0.29, 0.717) is 12.2 Å². The maximum absolute atomic E-state index is 10.4. The predicted octanol–water partition coefficient (Wildman–Crippen LogP) is -0.148. The first-order valence-electron chi connectivity index (χ1n) is 2.80. The van der Waals surface area contributed by atoms with E-state index in [1.54, 1.807) is 0 Å². The molecule has 1 heterocycles. The van der Waals surface area contributed by atoms with Gasteiger partial charge < -0.3 is 9.84 Å². The van der Waals surface area contributed by atoms with Crippen molar-refractivity contribution in [2.24, 2.45) is 0 Å². The number of carbonyl (C=O) groups is 1. The number of hydrogen-bond acceptors (Lipinski definition) is 3. The zero-order chi connectivity index (χ0) is 6.69. The van der Waals surface area contributed by atoms with E-state index in [0.717, 1.165) is 0 Å². The van der Waals surface area contributed by atoms with Gasteiger partial charge in [0, 0.05) is 12.5 Å². The van der Waals surface area contributed by atoms with Gasteiger partial charge in [-0.25, -0.2) is 0 Å². The second kappa shape index (κ2) is 2.64. The number of ether oxygens (including phenoxy) is 1. The molecule has 0 radical (unpaired) electrons. The van der Waals surface area contributed by atoms with Gasteiger partial charge in [-0.3, -0.25) is 4.79 Å². The lowest BCUT2D eigenvalue weighted by molar-refractivity contribution is -0.115. The lowest BCUT2D eigenvalue weighted by Crippen LogP contribution is -1.93. The largest absolute Gasteiger partial charge is 0.490 e. The number of ketones is 1. The fourth-order valence-electron chi connectivity index (χ4n) is 0.681. The van der Waals surface area contributed by atoms with E-state index in [1.165, 1.54) is 6.08 Å². The summed E-state index contributed by atoms with van der Waals surface area (Å²) in [7, 11) is 0. The maximum Gasteiger partial charge on any atom is 0.196 e. The minimum atomic E-state index is -0.0153. The van der Waals surface area contributed by atoms with Crippen LogP contribution >= 0.6 is 0 Å². The van der Waals surface area contributed by atoms with E-state index in [2.05, 4.69) is 0 Å². The molecule has 1 aliphatic heterocycles. The maximum atomic E-state index is 10.4. The molecule has 0 aromatic carbocycles. The Morgan fingerprint density at radius 1 is 1.78 bits per heavy atom. The average Bonchev–Trinajstić information content (AvgIpc) is 2.17. The van der Waals surface area contributed by atoms with Crippen LogP contribution in [0.2, 0.25) is 0 Å². The first kappa shape index (κ1) is 6.29. The normalized spacial score (nSPS) is 17.4. The highest BCUT2D eigenvalue weighted by Gasteiger charge is 2.11. The van der Waals surface area contributed by atoms with Crippen molar-refractivity contribution in [1.82, 2.24) is 0 Å². The topological polar surface area (TPSA) is 46.5 Å². The number of hydrogen-bond donors (Lipinski definition) is 1. The van der Waals surface area contributed by atoms with Crippen LogP contribution in [-0.4, -0.2) is 24.1 Å². The minimum absolute atomic E-state index is 0.0153. The molecular weight excluding hydrogens is 120 g/mol. The van der Waals surface area contributed by atoms with Gasteiger partial charge in [0.2, 0.25) is 0 Å². The summed E-state index contributed by atoms with van der Waals surface area (Å²) < 4.78 is 4.86. The summed E-state index contributed by atoms with van der Waals surface area (Å²) in [6, 6.07) is 0. The summed E-state index contributed by atoms with van der Waals surface area (Å²) in [5, 5.41) is 8.38. The third-order valence-electron chi connectivity index (χ3n) is 1.08. The molecule has 0 spiro atoms. The van der Waals surface area contributed by atoms with Crippen molar-refractivity contribution in [2.45, 2.75) is 6.42 Å². The van der Waals surface area contributed by atoms with Gasteiger partial charge in [0.05, 0.1) is 6.61 Å². The fraction of sp³-hybridized carbons (Fsp3) is 0.500. The van der Waals surface area contributed by atoms with E-state index >= 15 is 0 Å². The van der Waals surface area contributed by atoms with Crippen LogP contribution in [0.4, 0.5) is 0 Å². The average molecular weight is 128 g/mol.